The van der Waals surface area contributed by atoms with Gasteiger partial charge in [-0.1, -0.05) is 0 Å². The van der Waals surface area contributed by atoms with E-state index in [1.165, 1.54) is 27.9 Å². The van der Waals surface area contributed by atoms with Crippen molar-refractivity contribution in [3.05, 3.63) is 0 Å². The molecule has 1 aliphatic rings. The van der Waals surface area contributed by atoms with Gasteiger partial charge in [0, 0.05) is 7.11 Å². The third-order valence-electron chi connectivity index (χ3n) is 5.09. The van der Waals surface area contributed by atoms with Gasteiger partial charge in [-0.2, -0.15) is 0 Å². The van der Waals surface area contributed by atoms with Crippen LogP contribution in [0.4, 0.5) is 0 Å². The van der Waals surface area contributed by atoms with Gasteiger partial charge >= 0.3 is 0 Å². The number of hydrogen-bond acceptors (Lipinski definition) is 6. The van der Waals surface area contributed by atoms with Crippen LogP contribution in [0.5, 0.6) is 0 Å². The Morgan fingerprint density at radius 3 is 1.91 bits per heavy atom. The molecule has 1 rings (SSSR count). The number of hydrogen-bond donors (Lipinski definition) is 3. The number of ether oxygens (including phenoxy) is 3. The SMILES string of the molecule is COCC1O[C@](C)(COC(C)(C)C)C(C)(O)C(C)(O)[C@]1(C)O. The summed E-state index contributed by atoms with van der Waals surface area (Å²) in [5.74, 6) is 0. The second-order valence-electron chi connectivity index (χ2n) is 7.99. The van der Waals surface area contributed by atoms with E-state index < -0.39 is 34.1 Å². The molecule has 1 heterocycles. The molecule has 132 valence electrons. The van der Waals surface area contributed by atoms with E-state index in [0.717, 1.165) is 0 Å². The molecule has 0 aliphatic carbocycles. The monoisotopic (exact) mass is 320 g/mol. The predicted molar refractivity (Wildman–Crippen MR) is 82.7 cm³/mol. The predicted octanol–water partition coefficient (Wildman–Crippen LogP) is 0.858. The standard InChI is InChI=1S/C16H32O6/c1-12(2,3)21-10-13(4)15(6,18)16(7,19)14(5,17)11(22-13)9-20-8/h11,17-19H,9-10H2,1-8H3/t11?,13-,14-,15?,16?/m1/s1. The van der Waals surface area contributed by atoms with Crippen LogP contribution in [-0.4, -0.2) is 69.8 Å². The molecule has 0 aromatic heterocycles. The normalized spacial score (nSPS) is 46.8. The van der Waals surface area contributed by atoms with Crippen molar-refractivity contribution in [3.8, 4) is 0 Å². The molecule has 3 N–H and O–H groups in total. The Balaban J connectivity index is 3.22. The highest BCUT2D eigenvalue weighted by molar-refractivity contribution is 5.20. The molecule has 0 bridgehead atoms. The maximum atomic E-state index is 11.0. The number of rotatable bonds is 4. The molecular weight excluding hydrogens is 288 g/mol. The highest BCUT2D eigenvalue weighted by atomic mass is 16.6. The number of methoxy groups -OCH3 is 1. The van der Waals surface area contributed by atoms with E-state index in [4.69, 9.17) is 14.2 Å². The molecule has 1 aliphatic heterocycles. The molecule has 6 heteroatoms. The first kappa shape index (κ1) is 19.8. The molecule has 22 heavy (non-hydrogen) atoms. The third kappa shape index (κ3) is 3.05. The van der Waals surface area contributed by atoms with Gasteiger partial charge in [-0.25, -0.2) is 0 Å². The summed E-state index contributed by atoms with van der Waals surface area (Å²) < 4.78 is 16.8. The summed E-state index contributed by atoms with van der Waals surface area (Å²) in [4.78, 5) is 0. The van der Waals surface area contributed by atoms with Crippen LogP contribution in [0.3, 0.4) is 0 Å². The summed E-state index contributed by atoms with van der Waals surface area (Å²) in [6, 6.07) is 0. The largest absolute Gasteiger partial charge is 0.384 e. The van der Waals surface area contributed by atoms with Crippen LogP contribution in [0.1, 0.15) is 48.5 Å². The van der Waals surface area contributed by atoms with E-state index in [-0.39, 0.29) is 13.2 Å². The average molecular weight is 320 g/mol. The second kappa shape index (κ2) is 5.69. The van der Waals surface area contributed by atoms with Crippen molar-refractivity contribution in [1.29, 1.82) is 0 Å². The molecule has 0 amide bonds. The molecule has 6 nitrogen and oxygen atoms in total. The highest BCUT2D eigenvalue weighted by Crippen LogP contribution is 2.49. The minimum atomic E-state index is -1.82. The van der Waals surface area contributed by atoms with Crippen LogP contribution in [0, 0.1) is 0 Å². The minimum absolute atomic E-state index is 0.0654. The van der Waals surface area contributed by atoms with Gasteiger partial charge in [0.25, 0.3) is 0 Å². The minimum Gasteiger partial charge on any atom is -0.384 e. The lowest BCUT2D eigenvalue weighted by Crippen LogP contribution is -2.81. The molecule has 3 unspecified atom stereocenters. The van der Waals surface area contributed by atoms with Gasteiger partial charge < -0.3 is 29.5 Å². The van der Waals surface area contributed by atoms with Crippen molar-refractivity contribution in [2.24, 2.45) is 0 Å². The second-order valence-corrected chi connectivity index (χ2v) is 7.99. The highest BCUT2D eigenvalue weighted by Gasteiger charge is 2.70. The lowest BCUT2D eigenvalue weighted by Gasteiger charge is -2.62. The third-order valence-corrected chi connectivity index (χ3v) is 5.09. The maximum absolute atomic E-state index is 11.0. The van der Waals surface area contributed by atoms with E-state index in [1.807, 2.05) is 20.8 Å². The van der Waals surface area contributed by atoms with Gasteiger partial charge in [0.1, 0.15) is 28.5 Å². The first-order valence-electron chi connectivity index (χ1n) is 7.60. The van der Waals surface area contributed by atoms with Crippen LogP contribution in [0.2, 0.25) is 0 Å². The van der Waals surface area contributed by atoms with Crippen molar-refractivity contribution in [2.45, 2.75) is 82.6 Å². The van der Waals surface area contributed by atoms with Crippen LogP contribution < -0.4 is 0 Å². The molecule has 0 aromatic carbocycles. The van der Waals surface area contributed by atoms with Crippen LogP contribution in [-0.2, 0) is 14.2 Å². The van der Waals surface area contributed by atoms with Crippen LogP contribution in [0.25, 0.3) is 0 Å². The fourth-order valence-corrected chi connectivity index (χ4v) is 2.74. The van der Waals surface area contributed by atoms with Gasteiger partial charge in [-0.15, -0.1) is 0 Å². The summed E-state index contributed by atoms with van der Waals surface area (Å²) >= 11 is 0. The molecule has 5 atom stereocenters. The van der Waals surface area contributed by atoms with E-state index in [0.29, 0.717) is 0 Å². The van der Waals surface area contributed by atoms with Gasteiger partial charge in [0.15, 0.2) is 0 Å². The zero-order valence-electron chi connectivity index (χ0n) is 15.1. The van der Waals surface area contributed by atoms with Crippen LogP contribution in [0.15, 0.2) is 0 Å². The summed E-state index contributed by atoms with van der Waals surface area (Å²) in [5.41, 5.74) is -6.88. The molecule has 1 saturated heterocycles. The lowest BCUT2D eigenvalue weighted by molar-refractivity contribution is -0.381. The zero-order chi connectivity index (χ0) is 17.6. The molecule has 0 aromatic rings. The molecule has 1 fully saturated rings. The summed E-state index contributed by atoms with van der Waals surface area (Å²) in [6.45, 7) is 11.8. The average Bonchev–Trinajstić information content (AvgIpc) is 2.33. The van der Waals surface area contributed by atoms with Crippen molar-refractivity contribution < 1.29 is 29.5 Å². The smallest absolute Gasteiger partial charge is 0.124 e. The van der Waals surface area contributed by atoms with E-state index in [9.17, 15) is 15.3 Å². The van der Waals surface area contributed by atoms with E-state index >= 15 is 0 Å². The quantitative estimate of drug-likeness (QED) is 0.712. The van der Waals surface area contributed by atoms with E-state index in [2.05, 4.69) is 0 Å². The van der Waals surface area contributed by atoms with Crippen LogP contribution >= 0.6 is 0 Å². The Morgan fingerprint density at radius 2 is 1.50 bits per heavy atom. The fraction of sp³-hybridized carbons (Fsp3) is 1.00. The van der Waals surface area contributed by atoms with Crippen molar-refractivity contribution in [2.75, 3.05) is 20.3 Å². The first-order valence-corrected chi connectivity index (χ1v) is 7.60. The first-order chi connectivity index (χ1) is 9.62. The summed E-state index contributed by atoms with van der Waals surface area (Å²) in [5, 5.41) is 32.6. The topological polar surface area (TPSA) is 88.4 Å². The van der Waals surface area contributed by atoms with Gasteiger partial charge in [0.2, 0.25) is 0 Å². The summed E-state index contributed by atoms with van der Waals surface area (Å²) in [6.07, 6.45) is -0.804. The Bertz CT molecular complexity index is 396. The molecule has 0 radical (unpaired) electrons. The fourth-order valence-electron chi connectivity index (χ4n) is 2.74. The molecular formula is C16H32O6. The van der Waals surface area contributed by atoms with Gasteiger partial charge in [-0.3, -0.25) is 0 Å². The van der Waals surface area contributed by atoms with Crippen molar-refractivity contribution in [1.82, 2.24) is 0 Å². The Hall–Kier alpha value is -0.240. The zero-order valence-corrected chi connectivity index (χ0v) is 15.1. The Labute approximate surface area is 133 Å². The number of aliphatic hydroxyl groups is 3. The molecule has 0 saturated carbocycles. The van der Waals surface area contributed by atoms with Crippen molar-refractivity contribution in [3.63, 3.8) is 0 Å². The van der Waals surface area contributed by atoms with E-state index in [1.54, 1.807) is 6.92 Å². The Morgan fingerprint density at radius 1 is 1.00 bits per heavy atom. The summed E-state index contributed by atoms with van der Waals surface area (Å²) in [7, 11) is 1.49. The maximum Gasteiger partial charge on any atom is 0.124 e. The Kier molecular flexibility index (Phi) is 5.12. The lowest BCUT2D eigenvalue weighted by atomic mass is 9.62. The van der Waals surface area contributed by atoms with Crippen molar-refractivity contribution >= 4 is 0 Å². The van der Waals surface area contributed by atoms with Gasteiger partial charge in [0.05, 0.1) is 18.8 Å². The van der Waals surface area contributed by atoms with Gasteiger partial charge in [-0.05, 0) is 48.5 Å². The molecule has 0 spiro atoms.